The van der Waals surface area contributed by atoms with Gasteiger partial charge in [-0.05, 0) is 20.3 Å². The Morgan fingerprint density at radius 2 is 1.93 bits per heavy atom. The number of hydrogen-bond acceptors (Lipinski definition) is 3. The summed E-state index contributed by atoms with van der Waals surface area (Å²) < 4.78 is 18.0. The summed E-state index contributed by atoms with van der Waals surface area (Å²) in [6.07, 6.45) is 1.48. The van der Waals surface area contributed by atoms with E-state index < -0.39 is 17.4 Å². The van der Waals surface area contributed by atoms with Crippen LogP contribution in [0.15, 0.2) is 0 Å². The Balaban J connectivity index is 4.28. The number of ketones is 1. The SMILES string of the molecule is CCCCC(=O)C(C)(F)C(=O)OCC. The Bertz CT molecular complexity index is 211. The number of carbonyl (C=O) groups is 2. The fourth-order valence-electron chi connectivity index (χ4n) is 0.953. The van der Waals surface area contributed by atoms with Gasteiger partial charge in [-0.25, -0.2) is 9.18 Å². The van der Waals surface area contributed by atoms with Gasteiger partial charge in [0.15, 0.2) is 5.78 Å². The summed E-state index contributed by atoms with van der Waals surface area (Å²) in [5, 5.41) is 0. The average Bonchev–Trinajstić information content (AvgIpc) is 2.14. The monoisotopic (exact) mass is 204 g/mol. The Kier molecular flexibility index (Phi) is 5.35. The van der Waals surface area contributed by atoms with E-state index in [0.29, 0.717) is 6.42 Å². The van der Waals surface area contributed by atoms with Crippen LogP contribution >= 0.6 is 0 Å². The minimum Gasteiger partial charge on any atom is -0.463 e. The Hall–Kier alpha value is -0.930. The van der Waals surface area contributed by atoms with Crippen molar-refractivity contribution in [1.82, 2.24) is 0 Å². The fourth-order valence-corrected chi connectivity index (χ4v) is 0.953. The fraction of sp³-hybridized carbons (Fsp3) is 0.800. The summed E-state index contributed by atoms with van der Waals surface area (Å²) in [5.74, 6) is -1.78. The molecule has 14 heavy (non-hydrogen) atoms. The number of alkyl halides is 1. The summed E-state index contributed by atoms with van der Waals surface area (Å²) in [5.41, 5.74) is -2.48. The van der Waals surface area contributed by atoms with E-state index in [-0.39, 0.29) is 13.0 Å². The highest BCUT2D eigenvalue weighted by Gasteiger charge is 2.41. The lowest BCUT2D eigenvalue weighted by Gasteiger charge is -2.16. The molecule has 0 aliphatic carbocycles. The van der Waals surface area contributed by atoms with Crippen molar-refractivity contribution in [3.63, 3.8) is 0 Å². The van der Waals surface area contributed by atoms with Crippen molar-refractivity contribution in [3.8, 4) is 0 Å². The van der Waals surface area contributed by atoms with Crippen LogP contribution in [-0.4, -0.2) is 24.0 Å². The third-order valence-electron chi connectivity index (χ3n) is 1.94. The first-order valence-electron chi connectivity index (χ1n) is 4.86. The smallest absolute Gasteiger partial charge is 0.351 e. The van der Waals surface area contributed by atoms with Crippen molar-refractivity contribution < 1.29 is 18.7 Å². The quantitative estimate of drug-likeness (QED) is 0.491. The van der Waals surface area contributed by atoms with E-state index in [1.165, 1.54) is 0 Å². The van der Waals surface area contributed by atoms with Gasteiger partial charge < -0.3 is 4.74 Å². The van der Waals surface area contributed by atoms with Gasteiger partial charge in [-0.15, -0.1) is 0 Å². The number of esters is 1. The molecule has 1 atom stereocenters. The molecular formula is C10H17FO3. The maximum absolute atomic E-state index is 13.6. The highest BCUT2D eigenvalue weighted by Crippen LogP contribution is 2.17. The average molecular weight is 204 g/mol. The van der Waals surface area contributed by atoms with Crippen LogP contribution in [0.25, 0.3) is 0 Å². The van der Waals surface area contributed by atoms with Crippen LogP contribution in [0.5, 0.6) is 0 Å². The number of halogens is 1. The molecule has 0 amide bonds. The molecule has 0 saturated heterocycles. The summed E-state index contributed by atoms with van der Waals surface area (Å²) >= 11 is 0. The highest BCUT2D eigenvalue weighted by molar-refractivity contribution is 6.06. The Morgan fingerprint density at radius 3 is 2.36 bits per heavy atom. The molecule has 0 spiro atoms. The van der Waals surface area contributed by atoms with Crippen molar-refractivity contribution in [2.75, 3.05) is 6.61 Å². The molecule has 4 heteroatoms. The normalized spacial score (nSPS) is 14.6. The number of rotatable bonds is 6. The zero-order chi connectivity index (χ0) is 11.2. The molecule has 0 radical (unpaired) electrons. The second kappa shape index (κ2) is 5.73. The minimum atomic E-state index is -2.48. The molecule has 0 saturated carbocycles. The first-order chi connectivity index (χ1) is 6.46. The molecule has 0 aromatic carbocycles. The van der Waals surface area contributed by atoms with Crippen molar-refractivity contribution in [1.29, 1.82) is 0 Å². The summed E-state index contributed by atoms with van der Waals surface area (Å²) in [6, 6.07) is 0. The molecule has 0 aromatic heterocycles. The van der Waals surface area contributed by atoms with Gasteiger partial charge in [0.2, 0.25) is 0 Å². The maximum Gasteiger partial charge on any atom is 0.351 e. The molecule has 0 heterocycles. The third kappa shape index (κ3) is 3.44. The predicted molar refractivity (Wildman–Crippen MR) is 50.7 cm³/mol. The molecule has 0 aliphatic heterocycles. The lowest BCUT2D eigenvalue weighted by molar-refractivity contribution is -0.161. The third-order valence-corrected chi connectivity index (χ3v) is 1.94. The van der Waals surface area contributed by atoms with E-state index in [4.69, 9.17) is 0 Å². The van der Waals surface area contributed by atoms with E-state index in [1.807, 2.05) is 6.92 Å². The predicted octanol–water partition coefficient (Wildman–Crippen LogP) is 2.04. The van der Waals surface area contributed by atoms with E-state index >= 15 is 0 Å². The van der Waals surface area contributed by atoms with Gasteiger partial charge in [0, 0.05) is 6.42 Å². The second-order valence-electron chi connectivity index (χ2n) is 3.25. The van der Waals surface area contributed by atoms with E-state index in [0.717, 1.165) is 13.3 Å². The van der Waals surface area contributed by atoms with Crippen molar-refractivity contribution in [2.45, 2.75) is 45.7 Å². The summed E-state index contributed by atoms with van der Waals surface area (Å²) in [4.78, 5) is 22.3. The standard InChI is InChI=1S/C10H17FO3/c1-4-6-7-8(12)10(3,11)9(13)14-5-2/h4-7H2,1-3H3. The van der Waals surface area contributed by atoms with Crippen LogP contribution in [0.2, 0.25) is 0 Å². The van der Waals surface area contributed by atoms with Crippen molar-refractivity contribution in [2.24, 2.45) is 0 Å². The first-order valence-corrected chi connectivity index (χ1v) is 4.86. The summed E-state index contributed by atoms with van der Waals surface area (Å²) in [7, 11) is 0. The molecule has 0 fully saturated rings. The Labute approximate surface area is 83.6 Å². The van der Waals surface area contributed by atoms with E-state index in [2.05, 4.69) is 4.74 Å². The number of unbranched alkanes of at least 4 members (excludes halogenated alkanes) is 1. The van der Waals surface area contributed by atoms with Crippen LogP contribution in [-0.2, 0) is 14.3 Å². The first kappa shape index (κ1) is 13.1. The minimum absolute atomic E-state index is 0.0827. The maximum atomic E-state index is 13.6. The van der Waals surface area contributed by atoms with E-state index in [9.17, 15) is 14.0 Å². The van der Waals surface area contributed by atoms with Crippen LogP contribution < -0.4 is 0 Å². The van der Waals surface area contributed by atoms with Gasteiger partial charge in [-0.2, -0.15) is 0 Å². The van der Waals surface area contributed by atoms with Crippen LogP contribution in [0.4, 0.5) is 4.39 Å². The lowest BCUT2D eigenvalue weighted by atomic mass is 9.99. The van der Waals surface area contributed by atoms with Crippen LogP contribution in [0.3, 0.4) is 0 Å². The Morgan fingerprint density at radius 1 is 1.36 bits per heavy atom. The molecule has 0 N–H and O–H groups in total. The van der Waals surface area contributed by atoms with Gasteiger partial charge in [0.05, 0.1) is 6.61 Å². The van der Waals surface area contributed by atoms with Crippen molar-refractivity contribution in [3.05, 3.63) is 0 Å². The van der Waals surface area contributed by atoms with Gasteiger partial charge in [-0.1, -0.05) is 13.3 Å². The molecule has 3 nitrogen and oxygen atoms in total. The largest absolute Gasteiger partial charge is 0.463 e. The summed E-state index contributed by atoms with van der Waals surface area (Å²) in [6.45, 7) is 4.51. The molecule has 0 aromatic rings. The molecule has 0 aliphatic rings. The number of hydrogen-bond donors (Lipinski definition) is 0. The lowest BCUT2D eigenvalue weighted by Crippen LogP contribution is -2.40. The zero-order valence-corrected chi connectivity index (χ0v) is 8.93. The number of carbonyl (C=O) groups excluding carboxylic acids is 2. The van der Waals surface area contributed by atoms with Crippen LogP contribution in [0.1, 0.15) is 40.0 Å². The molecule has 1 unspecified atom stereocenters. The van der Waals surface area contributed by atoms with Gasteiger partial charge in [0.25, 0.3) is 5.67 Å². The van der Waals surface area contributed by atoms with Gasteiger partial charge >= 0.3 is 5.97 Å². The highest BCUT2D eigenvalue weighted by atomic mass is 19.1. The van der Waals surface area contributed by atoms with Crippen LogP contribution in [0, 0.1) is 0 Å². The van der Waals surface area contributed by atoms with Gasteiger partial charge in [-0.3, -0.25) is 4.79 Å². The topological polar surface area (TPSA) is 43.4 Å². The second-order valence-corrected chi connectivity index (χ2v) is 3.25. The number of ether oxygens (including phenoxy) is 1. The van der Waals surface area contributed by atoms with Gasteiger partial charge in [0.1, 0.15) is 0 Å². The zero-order valence-electron chi connectivity index (χ0n) is 8.93. The molecule has 0 bridgehead atoms. The van der Waals surface area contributed by atoms with Crippen molar-refractivity contribution >= 4 is 11.8 Å². The molecule has 82 valence electrons. The van der Waals surface area contributed by atoms with E-state index in [1.54, 1.807) is 6.92 Å². The molecular weight excluding hydrogens is 187 g/mol. The molecule has 0 rings (SSSR count). The number of Topliss-reactive ketones (excluding diaryl/α,β-unsaturated/α-hetero) is 1.